The predicted octanol–water partition coefficient (Wildman–Crippen LogP) is 1.65. The molecule has 1 saturated heterocycles. The number of hydrogen-bond acceptors (Lipinski definition) is 5. The zero-order valence-electron chi connectivity index (χ0n) is 11.6. The summed E-state index contributed by atoms with van der Waals surface area (Å²) in [4.78, 5) is 12.1. The molecule has 1 aromatic carbocycles. The number of amides is 1. The lowest BCUT2D eigenvalue weighted by atomic mass is 10.1. The number of nitrogens with zero attached hydrogens (tertiary/aromatic N) is 1. The third-order valence-electron chi connectivity index (χ3n) is 3.47. The fourth-order valence-corrected chi connectivity index (χ4v) is 2.58. The number of rotatable bonds is 3. The van der Waals surface area contributed by atoms with Gasteiger partial charge in [0.1, 0.15) is 11.8 Å². The summed E-state index contributed by atoms with van der Waals surface area (Å²) < 4.78 is 10.7. The highest BCUT2D eigenvalue weighted by molar-refractivity contribution is 6.34. The number of halogens is 1. The highest BCUT2D eigenvalue weighted by atomic mass is 35.5. The van der Waals surface area contributed by atoms with Crippen molar-refractivity contribution in [2.24, 2.45) is 0 Å². The van der Waals surface area contributed by atoms with E-state index in [1.807, 2.05) is 19.1 Å². The van der Waals surface area contributed by atoms with Gasteiger partial charge < -0.3 is 19.9 Å². The molecule has 21 heavy (non-hydrogen) atoms. The first-order chi connectivity index (χ1) is 10.2. The summed E-state index contributed by atoms with van der Waals surface area (Å²) in [6.45, 7) is 3.68. The largest absolute Gasteiger partial charge is 0.366 e. The summed E-state index contributed by atoms with van der Waals surface area (Å²) in [5.41, 5.74) is 1.19. The van der Waals surface area contributed by atoms with Gasteiger partial charge in [-0.2, -0.15) is 0 Å². The molecule has 0 aliphatic carbocycles. The molecule has 1 amide bonds. The van der Waals surface area contributed by atoms with E-state index in [2.05, 4.69) is 15.8 Å². The lowest BCUT2D eigenvalue weighted by molar-refractivity contribution is -0.134. The Balaban J connectivity index is 1.76. The molecule has 0 bridgehead atoms. The Morgan fingerprint density at radius 2 is 2.43 bits per heavy atom. The molecule has 1 fully saturated rings. The molecule has 2 N–H and O–H groups in total. The number of benzene rings is 1. The molecule has 2 atom stereocenters. The smallest absolute Gasteiger partial charge is 0.250 e. The number of carbonyl (C=O) groups is 1. The van der Waals surface area contributed by atoms with Gasteiger partial charge in [-0.1, -0.05) is 22.8 Å². The highest BCUT2D eigenvalue weighted by Gasteiger charge is 2.25. The van der Waals surface area contributed by atoms with Gasteiger partial charge in [-0.05, 0) is 19.1 Å². The van der Waals surface area contributed by atoms with Crippen LogP contribution in [0.2, 0.25) is 5.02 Å². The van der Waals surface area contributed by atoms with Crippen LogP contribution in [0.15, 0.2) is 22.7 Å². The molecule has 0 radical (unpaired) electrons. The number of fused-ring (bicyclic) bond motifs is 1. The molecule has 6 nitrogen and oxygen atoms in total. The Hall–Kier alpha value is -1.63. The van der Waals surface area contributed by atoms with Crippen molar-refractivity contribution in [1.82, 2.24) is 15.8 Å². The summed E-state index contributed by atoms with van der Waals surface area (Å²) in [6.07, 6.45) is -0.469. The van der Waals surface area contributed by atoms with Crippen LogP contribution in [0.3, 0.4) is 0 Å². The van der Waals surface area contributed by atoms with Gasteiger partial charge in [0.2, 0.25) is 0 Å². The van der Waals surface area contributed by atoms with Crippen molar-refractivity contribution in [2.75, 3.05) is 19.7 Å². The van der Waals surface area contributed by atoms with E-state index >= 15 is 0 Å². The van der Waals surface area contributed by atoms with E-state index in [1.165, 1.54) is 0 Å². The van der Waals surface area contributed by atoms with E-state index in [9.17, 15) is 4.79 Å². The summed E-state index contributed by atoms with van der Waals surface area (Å²) in [6, 6.07) is 5.15. The second-order valence-electron chi connectivity index (χ2n) is 4.98. The molecule has 3 rings (SSSR count). The van der Waals surface area contributed by atoms with Crippen LogP contribution in [0.25, 0.3) is 11.0 Å². The Bertz CT molecular complexity index is 652. The second kappa shape index (κ2) is 6.01. The Morgan fingerprint density at radius 3 is 3.19 bits per heavy atom. The molecule has 2 aromatic rings. The number of aromatic nitrogens is 1. The number of ether oxygens (including phenoxy) is 1. The molecule has 7 heteroatoms. The van der Waals surface area contributed by atoms with Crippen LogP contribution in [-0.2, 0) is 9.53 Å². The van der Waals surface area contributed by atoms with Gasteiger partial charge in [0.05, 0.1) is 17.7 Å². The van der Waals surface area contributed by atoms with Gasteiger partial charge in [-0.15, -0.1) is 0 Å². The second-order valence-corrected chi connectivity index (χ2v) is 5.39. The number of para-hydroxylation sites is 1. The van der Waals surface area contributed by atoms with Crippen LogP contribution in [0.1, 0.15) is 18.7 Å². The van der Waals surface area contributed by atoms with Gasteiger partial charge in [-0.3, -0.25) is 4.79 Å². The monoisotopic (exact) mass is 309 g/mol. The summed E-state index contributed by atoms with van der Waals surface area (Å²) in [5, 5.41) is 11.3. The van der Waals surface area contributed by atoms with E-state index in [0.29, 0.717) is 29.5 Å². The third kappa shape index (κ3) is 2.88. The van der Waals surface area contributed by atoms with Crippen molar-refractivity contribution in [2.45, 2.75) is 19.1 Å². The van der Waals surface area contributed by atoms with E-state index < -0.39 is 6.10 Å². The van der Waals surface area contributed by atoms with Crippen LogP contribution in [0, 0.1) is 0 Å². The summed E-state index contributed by atoms with van der Waals surface area (Å²) in [7, 11) is 0. The van der Waals surface area contributed by atoms with Crippen LogP contribution < -0.4 is 10.6 Å². The van der Waals surface area contributed by atoms with Crippen LogP contribution in [-0.4, -0.2) is 36.9 Å². The first-order valence-corrected chi connectivity index (χ1v) is 7.21. The third-order valence-corrected chi connectivity index (χ3v) is 3.76. The predicted molar refractivity (Wildman–Crippen MR) is 78.2 cm³/mol. The van der Waals surface area contributed by atoms with Crippen molar-refractivity contribution in [3.63, 3.8) is 0 Å². The summed E-state index contributed by atoms with van der Waals surface area (Å²) >= 11 is 6.05. The Labute approximate surface area is 126 Å². The molecular formula is C14H16ClN3O3. The number of morpholine rings is 1. The van der Waals surface area contributed by atoms with Gasteiger partial charge in [0.15, 0.2) is 5.58 Å². The Kier molecular flexibility index (Phi) is 4.10. The number of nitrogens with one attached hydrogen (secondary N) is 2. The SMILES string of the molecule is CC(NC(=O)C1CNCCO1)c1noc2c(Cl)cccc12. The van der Waals surface area contributed by atoms with Crippen LogP contribution in [0.4, 0.5) is 0 Å². The molecular weight excluding hydrogens is 294 g/mol. The normalized spacial score (nSPS) is 20.4. The fraction of sp³-hybridized carbons (Fsp3) is 0.429. The summed E-state index contributed by atoms with van der Waals surface area (Å²) in [5.74, 6) is -0.159. The molecule has 2 heterocycles. The molecule has 0 spiro atoms. The molecule has 1 aliphatic rings. The minimum absolute atomic E-state index is 0.159. The van der Waals surface area contributed by atoms with Gasteiger partial charge in [-0.25, -0.2) is 0 Å². The minimum Gasteiger partial charge on any atom is -0.366 e. The van der Waals surface area contributed by atoms with Crippen molar-refractivity contribution in [3.8, 4) is 0 Å². The lowest BCUT2D eigenvalue weighted by Crippen LogP contribution is -2.48. The van der Waals surface area contributed by atoms with Crippen LogP contribution in [0.5, 0.6) is 0 Å². The van der Waals surface area contributed by atoms with Gasteiger partial charge in [0.25, 0.3) is 5.91 Å². The zero-order chi connectivity index (χ0) is 14.8. The standard InChI is InChI=1S/C14H16ClN3O3/c1-8(17-14(19)11-7-16-5-6-20-11)12-9-3-2-4-10(15)13(9)21-18-12/h2-4,8,11,16H,5-7H2,1H3,(H,17,19). The molecule has 1 aliphatic heterocycles. The maximum absolute atomic E-state index is 12.1. The van der Waals surface area contributed by atoms with Gasteiger partial charge >= 0.3 is 0 Å². The van der Waals surface area contributed by atoms with Crippen LogP contribution >= 0.6 is 11.6 Å². The minimum atomic E-state index is -0.469. The number of hydrogen-bond donors (Lipinski definition) is 2. The quantitative estimate of drug-likeness (QED) is 0.901. The molecule has 2 unspecified atom stereocenters. The van der Waals surface area contributed by atoms with E-state index in [4.69, 9.17) is 20.9 Å². The highest BCUT2D eigenvalue weighted by Crippen LogP contribution is 2.28. The van der Waals surface area contributed by atoms with Crippen molar-refractivity contribution in [3.05, 3.63) is 28.9 Å². The molecule has 112 valence electrons. The average molecular weight is 310 g/mol. The average Bonchev–Trinajstić information content (AvgIpc) is 2.93. The van der Waals surface area contributed by atoms with Gasteiger partial charge in [0, 0.05) is 18.5 Å². The maximum atomic E-state index is 12.1. The van der Waals surface area contributed by atoms with Crippen molar-refractivity contribution >= 4 is 28.5 Å². The topological polar surface area (TPSA) is 76.4 Å². The first kappa shape index (κ1) is 14.3. The maximum Gasteiger partial charge on any atom is 0.250 e. The zero-order valence-corrected chi connectivity index (χ0v) is 12.3. The van der Waals surface area contributed by atoms with E-state index in [1.54, 1.807) is 6.07 Å². The van der Waals surface area contributed by atoms with Crippen molar-refractivity contribution < 1.29 is 14.1 Å². The van der Waals surface area contributed by atoms with Crippen molar-refractivity contribution in [1.29, 1.82) is 0 Å². The van der Waals surface area contributed by atoms with E-state index in [-0.39, 0.29) is 11.9 Å². The van der Waals surface area contributed by atoms with E-state index in [0.717, 1.165) is 11.9 Å². The first-order valence-electron chi connectivity index (χ1n) is 6.83. The number of carbonyl (C=O) groups excluding carboxylic acids is 1. The fourth-order valence-electron chi connectivity index (χ4n) is 2.37. The molecule has 1 aromatic heterocycles. The molecule has 0 saturated carbocycles. The Morgan fingerprint density at radius 1 is 1.57 bits per heavy atom. The lowest BCUT2D eigenvalue weighted by Gasteiger charge is -2.24.